The summed E-state index contributed by atoms with van der Waals surface area (Å²) in [6.45, 7) is 4.75. The van der Waals surface area contributed by atoms with Crippen molar-refractivity contribution in [2.75, 3.05) is 13.1 Å². The normalized spacial score (nSPS) is 15.6. The van der Waals surface area contributed by atoms with Crippen LogP contribution in [0.2, 0.25) is 0 Å². The predicted octanol–water partition coefficient (Wildman–Crippen LogP) is 3.08. The van der Waals surface area contributed by atoms with Gasteiger partial charge in [0.2, 0.25) is 10.0 Å². The van der Waals surface area contributed by atoms with E-state index in [1.54, 1.807) is 6.07 Å². The summed E-state index contributed by atoms with van der Waals surface area (Å²) in [6, 6.07) is 5.48. The first-order chi connectivity index (χ1) is 10.1. The van der Waals surface area contributed by atoms with Gasteiger partial charge in [-0.05, 0) is 49.4 Å². The highest BCUT2D eigenvalue weighted by atomic mass is 32.2. The minimum atomic E-state index is -3.38. The summed E-state index contributed by atoms with van der Waals surface area (Å²) in [6.07, 6.45) is 4.52. The molecule has 1 aromatic carbocycles. The van der Waals surface area contributed by atoms with Crippen molar-refractivity contribution in [2.24, 2.45) is 0 Å². The van der Waals surface area contributed by atoms with Gasteiger partial charge in [-0.3, -0.25) is 0 Å². The maximum Gasteiger partial charge on any atom is 0.243 e. The van der Waals surface area contributed by atoms with Crippen molar-refractivity contribution in [3.63, 3.8) is 0 Å². The highest BCUT2D eigenvalue weighted by molar-refractivity contribution is 7.89. The van der Waals surface area contributed by atoms with Crippen LogP contribution in [-0.2, 0) is 22.9 Å². The van der Waals surface area contributed by atoms with Crippen LogP contribution < -0.4 is 0 Å². The fourth-order valence-corrected chi connectivity index (χ4v) is 4.74. The van der Waals surface area contributed by atoms with Crippen molar-refractivity contribution in [1.82, 2.24) is 9.29 Å². The van der Waals surface area contributed by atoms with E-state index in [4.69, 9.17) is 0 Å². The molecule has 0 fully saturated rings. The number of aromatic nitrogens is 1. The fraction of sp³-hybridized carbons (Fsp3) is 0.500. The number of sulfonamides is 1. The molecule has 0 atom stereocenters. The zero-order chi connectivity index (χ0) is 15.0. The van der Waals surface area contributed by atoms with Gasteiger partial charge in [-0.25, -0.2) is 8.42 Å². The lowest BCUT2D eigenvalue weighted by atomic mass is 9.96. The molecule has 1 aliphatic carbocycles. The lowest BCUT2D eigenvalue weighted by Crippen LogP contribution is -2.30. The second-order valence-corrected chi connectivity index (χ2v) is 7.52. The number of H-pyrrole nitrogens is 1. The Balaban J connectivity index is 2.13. The molecule has 0 aliphatic heterocycles. The maximum absolute atomic E-state index is 12.6. The van der Waals surface area contributed by atoms with Gasteiger partial charge in [0.05, 0.1) is 4.90 Å². The highest BCUT2D eigenvalue weighted by Gasteiger charge is 2.23. The minimum absolute atomic E-state index is 0.408. The SMILES string of the molecule is CCN(CC)S(=O)(=O)c1ccc2[nH]c3c(c2c1)CCCC3. The van der Waals surface area contributed by atoms with Gasteiger partial charge in [-0.1, -0.05) is 13.8 Å². The minimum Gasteiger partial charge on any atom is -0.358 e. The van der Waals surface area contributed by atoms with Crippen LogP contribution in [0.3, 0.4) is 0 Å². The molecule has 2 aromatic rings. The molecule has 21 heavy (non-hydrogen) atoms. The molecule has 0 spiro atoms. The Morgan fingerprint density at radius 1 is 1.14 bits per heavy atom. The van der Waals surface area contributed by atoms with E-state index in [1.807, 2.05) is 26.0 Å². The predicted molar refractivity (Wildman–Crippen MR) is 85.0 cm³/mol. The number of hydrogen-bond acceptors (Lipinski definition) is 2. The summed E-state index contributed by atoms with van der Waals surface area (Å²) in [7, 11) is -3.38. The van der Waals surface area contributed by atoms with Gasteiger partial charge >= 0.3 is 0 Å². The molecule has 0 saturated carbocycles. The Labute approximate surface area is 126 Å². The largest absolute Gasteiger partial charge is 0.358 e. The number of fused-ring (bicyclic) bond motifs is 3. The Morgan fingerprint density at radius 3 is 2.57 bits per heavy atom. The fourth-order valence-electron chi connectivity index (χ4n) is 3.26. The molecular weight excluding hydrogens is 284 g/mol. The van der Waals surface area contributed by atoms with Crippen molar-refractivity contribution in [3.8, 4) is 0 Å². The number of nitrogens with zero attached hydrogens (tertiary/aromatic N) is 1. The Morgan fingerprint density at radius 2 is 1.86 bits per heavy atom. The average Bonchev–Trinajstić information content (AvgIpc) is 2.86. The van der Waals surface area contributed by atoms with E-state index < -0.39 is 10.0 Å². The molecule has 0 saturated heterocycles. The number of benzene rings is 1. The Bertz CT molecular complexity index is 758. The Hall–Kier alpha value is -1.33. The number of hydrogen-bond donors (Lipinski definition) is 1. The third-order valence-corrected chi connectivity index (χ3v) is 6.46. The van der Waals surface area contributed by atoms with Crippen LogP contribution in [0.15, 0.2) is 23.1 Å². The van der Waals surface area contributed by atoms with Crippen molar-refractivity contribution in [2.45, 2.75) is 44.4 Å². The van der Waals surface area contributed by atoms with Gasteiger partial charge in [-0.2, -0.15) is 4.31 Å². The first kappa shape index (κ1) is 14.6. The van der Waals surface area contributed by atoms with Crippen LogP contribution in [0.1, 0.15) is 37.9 Å². The van der Waals surface area contributed by atoms with E-state index in [9.17, 15) is 8.42 Å². The third kappa shape index (κ3) is 2.38. The average molecular weight is 306 g/mol. The Kier molecular flexibility index (Phi) is 3.80. The summed E-state index contributed by atoms with van der Waals surface area (Å²) >= 11 is 0. The summed E-state index contributed by atoms with van der Waals surface area (Å²) in [4.78, 5) is 3.85. The summed E-state index contributed by atoms with van der Waals surface area (Å²) in [5, 5.41) is 1.08. The van der Waals surface area contributed by atoms with Gasteiger partial charge in [0, 0.05) is 29.7 Å². The molecule has 0 radical (unpaired) electrons. The van der Waals surface area contributed by atoms with Crippen LogP contribution in [0.25, 0.3) is 10.9 Å². The van der Waals surface area contributed by atoms with Gasteiger partial charge in [-0.15, -0.1) is 0 Å². The quantitative estimate of drug-likeness (QED) is 0.944. The highest BCUT2D eigenvalue weighted by Crippen LogP contribution is 2.31. The second-order valence-electron chi connectivity index (χ2n) is 5.59. The lowest BCUT2D eigenvalue weighted by molar-refractivity contribution is 0.445. The van der Waals surface area contributed by atoms with Crippen LogP contribution in [0, 0.1) is 0 Å². The van der Waals surface area contributed by atoms with E-state index in [1.165, 1.54) is 28.4 Å². The van der Waals surface area contributed by atoms with E-state index in [0.29, 0.717) is 18.0 Å². The molecule has 0 bridgehead atoms. The second kappa shape index (κ2) is 5.46. The molecular formula is C16H22N2O2S. The summed E-state index contributed by atoms with van der Waals surface area (Å²) in [5.41, 5.74) is 3.65. The zero-order valence-corrected chi connectivity index (χ0v) is 13.5. The summed E-state index contributed by atoms with van der Waals surface area (Å²) < 4.78 is 26.8. The number of aromatic amines is 1. The van der Waals surface area contributed by atoms with Crippen LogP contribution in [-0.4, -0.2) is 30.8 Å². The van der Waals surface area contributed by atoms with Gasteiger partial charge in [0.1, 0.15) is 0 Å². The molecule has 1 aromatic heterocycles. The molecule has 1 aliphatic rings. The summed E-state index contributed by atoms with van der Waals surface area (Å²) in [5.74, 6) is 0. The van der Waals surface area contributed by atoms with E-state index >= 15 is 0 Å². The molecule has 3 rings (SSSR count). The molecule has 4 nitrogen and oxygen atoms in total. The molecule has 114 valence electrons. The molecule has 5 heteroatoms. The first-order valence-corrected chi connectivity index (χ1v) is 9.15. The van der Waals surface area contributed by atoms with Crippen LogP contribution >= 0.6 is 0 Å². The van der Waals surface area contributed by atoms with Crippen molar-refractivity contribution >= 4 is 20.9 Å². The number of aryl methyl sites for hydroxylation is 2. The number of rotatable bonds is 4. The van der Waals surface area contributed by atoms with Crippen molar-refractivity contribution < 1.29 is 8.42 Å². The number of nitrogens with one attached hydrogen (secondary N) is 1. The lowest BCUT2D eigenvalue weighted by Gasteiger charge is -2.18. The molecule has 1 heterocycles. The van der Waals surface area contributed by atoms with Crippen LogP contribution in [0.4, 0.5) is 0 Å². The standard InChI is InChI=1S/C16H22N2O2S/c1-3-18(4-2)21(19,20)12-9-10-16-14(11-12)13-7-5-6-8-15(13)17-16/h9-11,17H,3-8H2,1-2H3. The zero-order valence-electron chi connectivity index (χ0n) is 12.6. The van der Waals surface area contributed by atoms with Gasteiger partial charge in [0.15, 0.2) is 0 Å². The van der Waals surface area contributed by atoms with Crippen molar-refractivity contribution in [1.29, 1.82) is 0 Å². The molecule has 0 amide bonds. The topological polar surface area (TPSA) is 53.2 Å². The first-order valence-electron chi connectivity index (χ1n) is 7.71. The smallest absolute Gasteiger partial charge is 0.243 e. The van der Waals surface area contributed by atoms with Gasteiger partial charge in [0.25, 0.3) is 0 Å². The molecule has 1 N–H and O–H groups in total. The van der Waals surface area contributed by atoms with E-state index in [0.717, 1.165) is 23.7 Å². The van der Waals surface area contributed by atoms with E-state index in [2.05, 4.69) is 4.98 Å². The van der Waals surface area contributed by atoms with Gasteiger partial charge < -0.3 is 4.98 Å². The van der Waals surface area contributed by atoms with E-state index in [-0.39, 0.29) is 0 Å². The maximum atomic E-state index is 12.6. The molecule has 0 unspecified atom stereocenters. The van der Waals surface area contributed by atoms with Crippen LogP contribution in [0.5, 0.6) is 0 Å². The third-order valence-electron chi connectivity index (χ3n) is 4.41. The van der Waals surface area contributed by atoms with Crippen molar-refractivity contribution in [3.05, 3.63) is 29.5 Å². The monoisotopic (exact) mass is 306 g/mol.